The van der Waals surface area contributed by atoms with Crippen molar-refractivity contribution < 1.29 is 14.3 Å². The number of carbonyl (C=O) groups excluding carboxylic acids is 2. The van der Waals surface area contributed by atoms with Crippen LogP contribution in [0.2, 0.25) is 0 Å². The second-order valence-electron chi connectivity index (χ2n) is 5.91. The number of methoxy groups -OCH3 is 1. The molecule has 1 amide bonds. The van der Waals surface area contributed by atoms with Crippen molar-refractivity contribution in [2.24, 2.45) is 0 Å². The molecule has 0 aliphatic heterocycles. The normalized spacial score (nSPS) is 10.6. The van der Waals surface area contributed by atoms with Crippen LogP contribution in [0, 0.1) is 0 Å². The standard InChI is InChI=1S/C19H18BrN5O3S/c1-28-18(27)13-8-6-12(7-9-13)10-22-16(26)11-29-19-24-23-17(25(19)21)14-4-2-3-5-15(14)20/h2-9H,10-11,21H2,1H3,(H,22,26). The van der Waals surface area contributed by atoms with Crippen LogP contribution >= 0.6 is 27.7 Å². The van der Waals surface area contributed by atoms with E-state index in [2.05, 4.69) is 36.2 Å². The zero-order valence-corrected chi connectivity index (χ0v) is 17.9. The van der Waals surface area contributed by atoms with Gasteiger partial charge in [-0.25, -0.2) is 9.47 Å². The molecule has 8 nitrogen and oxygen atoms in total. The summed E-state index contributed by atoms with van der Waals surface area (Å²) < 4.78 is 6.88. The van der Waals surface area contributed by atoms with Gasteiger partial charge in [-0.1, -0.05) is 52.0 Å². The number of carbonyl (C=O) groups is 2. The van der Waals surface area contributed by atoms with Gasteiger partial charge in [-0.2, -0.15) is 0 Å². The van der Waals surface area contributed by atoms with Crippen molar-refractivity contribution in [1.82, 2.24) is 20.2 Å². The molecule has 0 fully saturated rings. The highest BCUT2D eigenvalue weighted by atomic mass is 79.9. The lowest BCUT2D eigenvalue weighted by atomic mass is 10.1. The highest BCUT2D eigenvalue weighted by Crippen LogP contribution is 2.27. The first-order valence-corrected chi connectivity index (χ1v) is 10.3. The number of nitrogens with zero attached hydrogens (tertiary/aromatic N) is 3. The fourth-order valence-electron chi connectivity index (χ4n) is 2.46. The van der Waals surface area contributed by atoms with Gasteiger partial charge in [-0.05, 0) is 29.8 Å². The van der Waals surface area contributed by atoms with Gasteiger partial charge in [0.2, 0.25) is 11.1 Å². The Morgan fingerprint density at radius 2 is 1.90 bits per heavy atom. The van der Waals surface area contributed by atoms with Crippen LogP contribution in [0.1, 0.15) is 15.9 Å². The van der Waals surface area contributed by atoms with E-state index in [9.17, 15) is 9.59 Å². The summed E-state index contributed by atoms with van der Waals surface area (Å²) in [6, 6.07) is 14.4. The lowest BCUT2D eigenvalue weighted by molar-refractivity contribution is -0.118. The third kappa shape index (κ3) is 5.15. The van der Waals surface area contributed by atoms with Gasteiger partial charge in [0.15, 0.2) is 5.82 Å². The van der Waals surface area contributed by atoms with Crippen molar-refractivity contribution in [3.63, 3.8) is 0 Å². The van der Waals surface area contributed by atoms with E-state index < -0.39 is 5.97 Å². The Kier molecular flexibility index (Phi) is 6.89. The molecular formula is C19H18BrN5O3S. The maximum atomic E-state index is 12.1. The first-order chi connectivity index (χ1) is 14.0. The van der Waals surface area contributed by atoms with Crippen LogP contribution in [0.25, 0.3) is 11.4 Å². The molecule has 0 unspecified atom stereocenters. The lowest BCUT2D eigenvalue weighted by Gasteiger charge is -2.07. The van der Waals surface area contributed by atoms with Crippen molar-refractivity contribution in [1.29, 1.82) is 0 Å². The predicted molar refractivity (Wildman–Crippen MR) is 114 cm³/mol. The molecule has 2 aromatic carbocycles. The minimum Gasteiger partial charge on any atom is -0.465 e. The summed E-state index contributed by atoms with van der Waals surface area (Å²) in [6.45, 7) is 0.346. The molecule has 0 saturated carbocycles. The number of halogens is 1. The van der Waals surface area contributed by atoms with Gasteiger partial charge < -0.3 is 15.9 Å². The summed E-state index contributed by atoms with van der Waals surface area (Å²) >= 11 is 4.66. The molecule has 3 aromatic rings. The number of benzene rings is 2. The maximum absolute atomic E-state index is 12.1. The molecule has 150 valence electrons. The average molecular weight is 476 g/mol. The Morgan fingerprint density at radius 1 is 1.17 bits per heavy atom. The van der Waals surface area contributed by atoms with Crippen LogP contribution in [0.5, 0.6) is 0 Å². The van der Waals surface area contributed by atoms with Gasteiger partial charge in [0.1, 0.15) is 0 Å². The van der Waals surface area contributed by atoms with Gasteiger partial charge in [-0.15, -0.1) is 10.2 Å². The smallest absolute Gasteiger partial charge is 0.337 e. The van der Waals surface area contributed by atoms with Crippen molar-refractivity contribution in [3.05, 3.63) is 64.1 Å². The molecular weight excluding hydrogens is 458 g/mol. The van der Waals surface area contributed by atoms with E-state index in [4.69, 9.17) is 5.84 Å². The number of nitrogens with one attached hydrogen (secondary N) is 1. The molecule has 0 atom stereocenters. The monoisotopic (exact) mass is 475 g/mol. The van der Waals surface area contributed by atoms with Gasteiger partial charge in [0.25, 0.3) is 0 Å². The van der Waals surface area contributed by atoms with E-state index in [0.717, 1.165) is 15.6 Å². The summed E-state index contributed by atoms with van der Waals surface area (Å²) in [4.78, 5) is 23.6. The number of hydrogen-bond donors (Lipinski definition) is 2. The van der Waals surface area contributed by atoms with Crippen LogP contribution in [0.3, 0.4) is 0 Å². The highest BCUT2D eigenvalue weighted by Gasteiger charge is 2.15. The number of hydrogen-bond acceptors (Lipinski definition) is 7. The van der Waals surface area contributed by atoms with Crippen LogP contribution in [-0.2, 0) is 16.1 Å². The second-order valence-corrected chi connectivity index (χ2v) is 7.71. The molecule has 0 aliphatic rings. The number of ether oxygens (including phenoxy) is 1. The van der Waals surface area contributed by atoms with Gasteiger partial charge in [0.05, 0.1) is 18.4 Å². The zero-order valence-electron chi connectivity index (χ0n) is 15.5. The highest BCUT2D eigenvalue weighted by molar-refractivity contribution is 9.10. The Labute approximate surface area is 179 Å². The number of rotatable bonds is 7. The molecule has 1 aromatic heterocycles. The number of amides is 1. The molecule has 0 bridgehead atoms. The maximum Gasteiger partial charge on any atom is 0.337 e. The average Bonchev–Trinajstić information content (AvgIpc) is 3.11. The summed E-state index contributed by atoms with van der Waals surface area (Å²) in [5.41, 5.74) is 2.14. The number of aromatic nitrogens is 3. The first kappa shape index (κ1) is 20.9. The van der Waals surface area contributed by atoms with Gasteiger partial charge in [0, 0.05) is 16.6 Å². The van der Waals surface area contributed by atoms with Gasteiger partial charge >= 0.3 is 5.97 Å². The van der Waals surface area contributed by atoms with Crippen LogP contribution < -0.4 is 11.2 Å². The third-order valence-electron chi connectivity index (χ3n) is 3.98. The van der Waals surface area contributed by atoms with Crippen molar-refractivity contribution in [3.8, 4) is 11.4 Å². The van der Waals surface area contributed by atoms with E-state index >= 15 is 0 Å². The number of esters is 1. The van der Waals surface area contributed by atoms with Crippen LogP contribution in [0.4, 0.5) is 0 Å². The lowest BCUT2D eigenvalue weighted by Crippen LogP contribution is -2.25. The van der Waals surface area contributed by atoms with E-state index in [1.54, 1.807) is 24.3 Å². The first-order valence-electron chi connectivity index (χ1n) is 8.51. The minimum absolute atomic E-state index is 0.144. The van der Waals surface area contributed by atoms with Crippen molar-refractivity contribution >= 4 is 39.6 Å². The number of nitrogens with two attached hydrogens (primary N) is 1. The van der Waals surface area contributed by atoms with E-state index in [1.165, 1.54) is 23.5 Å². The molecule has 0 spiro atoms. The molecule has 10 heteroatoms. The zero-order chi connectivity index (χ0) is 20.8. The van der Waals surface area contributed by atoms with E-state index in [1.807, 2.05) is 24.3 Å². The Hall–Kier alpha value is -2.85. The quantitative estimate of drug-likeness (QED) is 0.306. The molecule has 0 aliphatic carbocycles. The fourth-order valence-corrected chi connectivity index (χ4v) is 3.61. The van der Waals surface area contributed by atoms with Crippen LogP contribution in [0.15, 0.2) is 58.2 Å². The molecule has 29 heavy (non-hydrogen) atoms. The van der Waals surface area contributed by atoms with Crippen molar-refractivity contribution in [2.75, 3.05) is 18.7 Å². The number of thioether (sulfide) groups is 1. The predicted octanol–water partition coefficient (Wildman–Crippen LogP) is 2.62. The minimum atomic E-state index is -0.398. The van der Waals surface area contributed by atoms with E-state index in [0.29, 0.717) is 23.1 Å². The largest absolute Gasteiger partial charge is 0.465 e. The van der Waals surface area contributed by atoms with Crippen LogP contribution in [-0.4, -0.2) is 39.6 Å². The fraction of sp³-hybridized carbons (Fsp3) is 0.158. The Bertz CT molecular complexity index is 1020. The SMILES string of the molecule is COC(=O)c1ccc(CNC(=O)CSc2nnc(-c3ccccc3Br)n2N)cc1. The summed E-state index contributed by atoms with van der Waals surface area (Å²) in [7, 11) is 1.33. The molecule has 0 radical (unpaired) electrons. The molecule has 0 saturated heterocycles. The molecule has 3 N–H and O–H groups in total. The molecule has 1 heterocycles. The van der Waals surface area contributed by atoms with Gasteiger partial charge in [-0.3, -0.25) is 4.79 Å². The summed E-state index contributed by atoms with van der Waals surface area (Å²) in [5.74, 6) is 6.17. The Morgan fingerprint density at radius 3 is 2.59 bits per heavy atom. The topological polar surface area (TPSA) is 112 Å². The number of nitrogen functional groups attached to an aromatic ring is 1. The van der Waals surface area contributed by atoms with Crippen molar-refractivity contribution in [2.45, 2.75) is 11.7 Å². The summed E-state index contributed by atoms with van der Waals surface area (Å²) in [5, 5.41) is 11.4. The van der Waals surface area contributed by atoms with E-state index in [-0.39, 0.29) is 11.7 Å². The third-order valence-corrected chi connectivity index (χ3v) is 5.61. The molecule has 3 rings (SSSR count). The second kappa shape index (κ2) is 9.57. The summed E-state index contributed by atoms with van der Waals surface area (Å²) in [6.07, 6.45) is 0. The Balaban J connectivity index is 1.54.